The van der Waals surface area contributed by atoms with Crippen molar-refractivity contribution in [3.63, 3.8) is 0 Å². The van der Waals surface area contributed by atoms with Crippen LogP contribution in [0.5, 0.6) is 0 Å². The molecule has 4 rings (SSSR count). The summed E-state index contributed by atoms with van der Waals surface area (Å²) < 4.78 is 83.6. The molecule has 0 aromatic rings. The van der Waals surface area contributed by atoms with E-state index in [9.17, 15) is 24.6 Å². The first kappa shape index (κ1) is 76.1. The Balaban J connectivity index is 1.04. The number of carbonyl (C=O) groups is 3. The second-order valence-corrected chi connectivity index (χ2v) is 21.8. The van der Waals surface area contributed by atoms with E-state index in [1.165, 1.54) is 7.11 Å². The fourth-order valence-corrected chi connectivity index (χ4v) is 9.20. The van der Waals surface area contributed by atoms with Gasteiger partial charge < -0.3 is 141 Å². The summed E-state index contributed by atoms with van der Waals surface area (Å²) in [6, 6.07) is -0.143. The molecule has 3 amide bonds. The van der Waals surface area contributed by atoms with E-state index in [-0.39, 0.29) is 160 Å². The third kappa shape index (κ3) is 34.2. The third-order valence-electron chi connectivity index (χ3n) is 14.4. The summed E-state index contributed by atoms with van der Waals surface area (Å²) in [4.78, 5) is 38.8. The van der Waals surface area contributed by atoms with Crippen molar-refractivity contribution < 1.29 is 101 Å². The average molecular weight is 1270 g/mol. The second-order valence-electron chi connectivity index (χ2n) is 21.8. The summed E-state index contributed by atoms with van der Waals surface area (Å²) in [6.07, 6.45) is 8.92. The summed E-state index contributed by atoms with van der Waals surface area (Å²) in [6.45, 7) is 7.14. The number of carbonyl (C=O) groups excluding carboxylic acids is 3. The minimum Gasteiger partial charge on any atom is -0.399 e. The first-order chi connectivity index (χ1) is 42.7. The van der Waals surface area contributed by atoms with Crippen LogP contribution in [0.25, 0.3) is 0 Å². The lowest BCUT2D eigenvalue weighted by molar-refractivity contribution is -0.254. The minimum atomic E-state index is -1.27. The third-order valence-corrected chi connectivity index (χ3v) is 14.4. The van der Waals surface area contributed by atoms with Gasteiger partial charge in [0.15, 0.2) is 18.4 Å². The molecule has 0 aromatic heterocycles. The van der Waals surface area contributed by atoms with Gasteiger partial charge in [-0.05, 0) is 51.4 Å². The molecule has 8 atom stereocenters. The summed E-state index contributed by atoms with van der Waals surface area (Å²) in [5.74, 6) is -2.00. The Morgan fingerprint density at radius 1 is 0.557 bits per heavy atom. The zero-order valence-electron chi connectivity index (χ0n) is 51.7. The number of hydrogen-bond acceptors (Lipinski definition) is 28. The lowest BCUT2D eigenvalue weighted by Crippen LogP contribution is -2.48. The summed E-state index contributed by atoms with van der Waals surface area (Å²) >= 11 is 0. The quantitative estimate of drug-likeness (QED) is 0.0212. The lowest BCUT2D eigenvalue weighted by atomic mass is 9.84. The van der Waals surface area contributed by atoms with Crippen LogP contribution >= 0.6 is 0 Å². The number of nitrogens with two attached hydrogens (primary N) is 4. The molecule has 0 aromatic carbocycles. The molecule has 31 heteroatoms. The van der Waals surface area contributed by atoms with Crippen LogP contribution in [0, 0.1) is 0 Å². The van der Waals surface area contributed by atoms with Crippen LogP contribution in [-0.4, -0.2) is 266 Å². The fourth-order valence-electron chi connectivity index (χ4n) is 9.20. The van der Waals surface area contributed by atoms with Gasteiger partial charge >= 0.3 is 0 Å². The normalized spacial score (nSPS) is 24.0. The van der Waals surface area contributed by atoms with E-state index in [1.54, 1.807) is 18.6 Å². The van der Waals surface area contributed by atoms with Crippen molar-refractivity contribution in [2.45, 2.75) is 125 Å². The predicted molar refractivity (Wildman–Crippen MR) is 318 cm³/mol. The van der Waals surface area contributed by atoms with E-state index >= 15 is 0 Å². The molecule has 31 nitrogen and oxygen atoms in total. The Kier molecular flexibility index (Phi) is 39.7. The van der Waals surface area contributed by atoms with E-state index in [0.29, 0.717) is 129 Å². The Bertz CT molecular complexity index is 1920. The molecule has 4 saturated heterocycles. The van der Waals surface area contributed by atoms with Gasteiger partial charge in [-0.15, -0.1) is 0 Å². The molecule has 4 aliphatic rings. The van der Waals surface area contributed by atoms with E-state index < -0.39 is 29.5 Å². The van der Waals surface area contributed by atoms with Crippen LogP contribution in [-0.2, 0) is 85.4 Å². The number of aliphatic hydroxyl groups is 3. The molecule has 2 bridgehead atoms. The zero-order valence-corrected chi connectivity index (χ0v) is 51.7. The highest BCUT2D eigenvalue weighted by Crippen LogP contribution is 2.36. The maximum absolute atomic E-state index is 12.9. The molecule has 0 radical (unpaired) electrons. The van der Waals surface area contributed by atoms with Crippen molar-refractivity contribution >= 4 is 17.7 Å². The van der Waals surface area contributed by atoms with Gasteiger partial charge in [-0.3, -0.25) is 14.4 Å². The number of methoxy groups -OCH3 is 1. The Morgan fingerprint density at radius 2 is 1.01 bits per heavy atom. The van der Waals surface area contributed by atoms with Crippen molar-refractivity contribution in [1.29, 1.82) is 0 Å². The van der Waals surface area contributed by atoms with E-state index in [2.05, 4.69) is 31.9 Å². The number of rotatable bonds is 53. The topological polar surface area (TPSA) is 427 Å². The minimum absolute atomic E-state index is 0.0586. The fraction of sp³-hybridized carbons (Fsp3) is 0.842. The Morgan fingerprint density at radius 3 is 1.45 bits per heavy atom. The molecule has 88 heavy (non-hydrogen) atoms. The first-order valence-electron chi connectivity index (χ1n) is 30.7. The SMILES string of the molecule is CO[C@]1(O)CC[C@@H](N/C=C(\N)COCCOCCOCCNC(=O)CCC(N)(CCC(=O)NCCOCCOCCOC/C(N)=C/N[C@@H]2CCCO[C@@H]2OCCO)CCC(=O)NCCOCCOCCOC/C(N)=C/N[C@@H]2CC[C@]3(CO)CO[C@@H]2O3)OC1. The Hall–Kier alpha value is -4.33. The van der Waals surface area contributed by atoms with Gasteiger partial charge in [0.25, 0.3) is 0 Å². The average Bonchev–Trinajstić information content (AvgIpc) is 2.91. The number of hydrogen-bond donors (Lipinski definition) is 13. The van der Waals surface area contributed by atoms with Gasteiger partial charge in [-0.2, -0.15) is 0 Å². The van der Waals surface area contributed by atoms with E-state index in [4.69, 9.17) is 99.1 Å². The van der Waals surface area contributed by atoms with Crippen LogP contribution < -0.4 is 54.8 Å². The lowest BCUT2D eigenvalue weighted by Gasteiger charge is -2.34. The van der Waals surface area contributed by atoms with Crippen molar-refractivity contribution in [2.75, 3.05) is 185 Å². The maximum atomic E-state index is 12.9. The van der Waals surface area contributed by atoms with Gasteiger partial charge in [0.1, 0.15) is 18.4 Å². The molecule has 0 saturated carbocycles. The molecular formula is C57H106N10O21. The van der Waals surface area contributed by atoms with Gasteiger partial charge in [-0.25, -0.2) is 0 Å². The van der Waals surface area contributed by atoms with Crippen molar-refractivity contribution in [2.24, 2.45) is 22.9 Å². The molecule has 4 fully saturated rings. The number of fused-ring (bicyclic) bond motifs is 2. The van der Waals surface area contributed by atoms with Crippen LogP contribution in [0.3, 0.4) is 0 Å². The highest BCUT2D eigenvalue weighted by Gasteiger charge is 2.48. The van der Waals surface area contributed by atoms with Gasteiger partial charge in [0.2, 0.25) is 17.7 Å². The van der Waals surface area contributed by atoms with E-state index in [0.717, 1.165) is 19.3 Å². The standard InChI is InChI=1S/C57H106N10O21/c1-74-57(73)13-8-52(86-43-57)67-37-46(60)40-83-34-31-80-28-25-77-21-16-64-51(72)7-11-55(61,9-5-49(70)62-14-19-75-23-26-78-29-32-81-38-44(58)35-65-47-3-2-18-84-53(47)85-22-17-68)10-6-50(71)63-15-20-76-24-27-79-30-33-82-39-45(59)36-66-48-4-12-56(41-69)42-87-54(48)88-56/h35-37,47-48,52-54,65-69,73H,2-34,38-43,58-61H2,1H3,(H,62,70)(H,63,71)(H,64,72)/b44-35-,45-36-,46-37-/t47-,48-,52+,53-,54-,55?,56+,57-/m1/s1. The van der Waals surface area contributed by atoms with Gasteiger partial charge in [0.05, 0.1) is 175 Å². The molecule has 0 spiro atoms. The molecule has 4 heterocycles. The van der Waals surface area contributed by atoms with Crippen molar-refractivity contribution in [3.05, 3.63) is 35.7 Å². The first-order valence-corrected chi connectivity index (χ1v) is 30.7. The largest absolute Gasteiger partial charge is 0.399 e. The van der Waals surface area contributed by atoms with Gasteiger partial charge in [-0.1, -0.05) is 0 Å². The summed E-state index contributed by atoms with van der Waals surface area (Å²) in [5.41, 5.74) is 24.9. The molecule has 1 unspecified atom stereocenters. The van der Waals surface area contributed by atoms with E-state index in [1.807, 2.05) is 0 Å². The van der Waals surface area contributed by atoms with Crippen molar-refractivity contribution in [3.8, 4) is 0 Å². The number of aliphatic hydroxyl groups excluding tert-OH is 2. The molecule has 0 aliphatic carbocycles. The van der Waals surface area contributed by atoms with Gasteiger partial charge in [0, 0.05) is 83.2 Å². The number of ether oxygens (including phenoxy) is 15. The van der Waals surface area contributed by atoms with Crippen molar-refractivity contribution in [1.82, 2.24) is 31.9 Å². The second kappa shape index (κ2) is 45.8. The summed E-state index contributed by atoms with van der Waals surface area (Å²) in [7, 11) is 1.44. The molecule has 510 valence electrons. The number of amides is 3. The van der Waals surface area contributed by atoms with Crippen LogP contribution in [0.2, 0.25) is 0 Å². The summed E-state index contributed by atoms with van der Waals surface area (Å²) in [5, 5.41) is 46.8. The van der Waals surface area contributed by atoms with Crippen LogP contribution in [0.15, 0.2) is 35.7 Å². The Labute approximate surface area is 517 Å². The number of nitrogens with one attached hydrogen (secondary N) is 6. The predicted octanol–water partition coefficient (Wildman–Crippen LogP) is -3.06. The molecular weight excluding hydrogens is 1160 g/mol. The monoisotopic (exact) mass is 1270 g/mol. The highest BCUT2D eigenvalue weighted by molar-refractivity contribution is 5.77. The molecule has 17 N–H and O–H groups in total. The van der Waals surface area contributed by atoms with Crippen LogP contribution in [0.1, 0.15) is 77.0 Å². The smallest absolute Gasteiger partial charge is 0.220 e. The molecule has 4 aliphatic heterocycles. The highest BCUT2D eigenvalue weighted by atomic mass is 16.7. The maximum Gasteiger partial charge on any atom is 0.220 e. The zero-order chi connectivity index (χ0) is 63.4. The van der Waals surface area contributed by atoms with Crippen LogP contribution in [0.4, 0.5) is 0 Å².